The molecule has 7 nitrogen and oxygen atoms in total. The lowest BCUT2D eigenvalue weighted by Crippen LogP contribution is -2.29. The van der Waals surface area contributed by atoms with Gasteiger partial charge in [-0.1, -0.05) is 52.4 Å². The van der Waals surface area contributed by atoms with Crippen LogP contribution in [-0.4, -0.2) is 41.0 Å². The molecule has 0 aromatic heterocycles. The lowest BCUT2D eigenvalue weighted by molar-refractivity contribution is -0.161. The smallest absolute Gasteiger partial charge is 0.322 e. The Morgan fingerprint density at radius 2 is 1.42 bits per heavy atom. The second kappa shape index (κ2) is 15.5. The zero-order valence-electron chi connectivity index (χ0n) is 15.9. The second-order valence-corrected chi connectivity index (χ2v) is 8.87. The minimum absolute atomic E-state index is 0.192. The molecule has 1 atom stereocenters. The largest absolute Gasteiger partial charge is 0.462 e. The highest BCUT2D eigenvalue weighted by Crippen LogP contribution is 2.36. The Balaban J connectivity index is 4.30. The summed E-state index contributed by atoms with van der Waals surface area (Å²) >= 11 is 4.39. The summed E-state index contributed by atoms with van der Waals surface area (Å²) in [5.74, 6) is -0.810. The summed E-state index contributed by atoms with van der Waals surface area (Å²) in [6.07, 6.45) is 7.28. The summed E-state index contributed by atoms with van der Waals surface area (Å²) in [6, 6.07) is 0. The highest BCUT2D eigenvalue weighted by Gasteiger charge is 2.20. The Morgan fingerprint density at radius 1 is 0.885 bits per heavy atom. The molecule has 26 heavy (non-hydrogen) atoms. The number of rotatable bonds is 16. The third-order valence-electron chi connectivity index (χ3n) is 3.63. The molecule has 0 heterocycles. The van der Waals surface area contributed by atoms with Gasteiger partial charge in [0.05, 0.1) is 6.61 Å². The van der Waals surface area contributed by atoms with E-state index in [0.717, 1.165) is 51.4 Å². The summed E-state index contributed by atoms with van der Waals surface area (Å²) in [5.41, 5.74) is 0. The Kier molecular flexibility index (Phi) is 15.2. The van der Waals surface area contributed by atoms with Gasteiger partial charge in [0, 0.05) is 12.8 Å². The van der Waals surface area contributed by atoms with Crippen LogP contribution in [-0.2, 0) is 35.4 Å². The molecule has 0 bridgehead atoms. The molecule has 0 unspecified atom stereocenters. The summed E-state index contributed by atoms with van der Waals surface area (Å²) in [5, 5.41) is 0. The van der Waals surface area contributed by atoms with Crippen molar-refractivity contribution in [2.75, 3.05) is 13.2 Å². The molecular formula is C17H33O7PS. The van der Waals surface area contributed by atoms with Crippen LogP contribution in [0.2, 0.25) is 0 Å². The number of hydrogen-bond acceptors (Lipinski definition) is 6. The Morgan fingerprint density at radius 3 is 1.92 bits per heavy atom. The molecule has 0 radical (unpaired) electrons. The molecular weight excluding hydrogens is 379 g/mol. The molecule has 0 aliphatic heterocycles. The minimum atomic E-state index is -3.86. The van der Waals surface area contributed by atoms with Gasteiger partial charge in [0.1, 0.15) is 6.61 Å². The van der Waals surface area contributed by atoms with Gasteiger partial charge in [0.25, 0.3) is 0 Å². The Hall–Kier alpha value is -0.530. The van der Waals surface area contributed by atoms with E-state index >= 15 is 0 Å². The first kappa shape index (κ1) is 25.5. The number of unbranched alkanes of at least 4 members (excludes halogenated alkanes) is 6. The van der Waals surface area contributed by atoms with Crippen LogP contribution in [0.3, 0.4) is 0 Å². The van der Waals surface area contributed by atoms with E-state index in [4.69, 9.17) is 23.8 Å². The predicted molar refractivity (Wildman–Crippen MR) is 103 cm³/mol. The zero-order chi connectivity index (χ0) is 19.8. The quantitative estimate of drug-likeness (QED) is 0.225. The van der Waals surface area contributed by atoms with E-state index in [9.17, 15) is 9.59 Å². The molecule has 2 N–H and O–H groups in total. The fraction of sp³-hybridized carbons (Fsp3) is 0.882. The highest BCUT2D eigenvalue weighted by atomic mass is 32.5. The van der Waals surface area contributed by atoms with Crippen molar-refractivity contribution in [2.24, 2.45) is 0 Å². The van der Waals surface area contributed by atoms with Gasteiger partial charge in [-0.05, 0) is 24.6 Å². The molecule has 0 aromatic carbocycles. The fourth-order valence-corrected chi connectivity index (χ4v) is 2.73. The van der Waals surface area contributed by atoms with Gasteiger partial charge >= 0.3 is 18.7 Å². The number of esters is 2. The normalized spacial score (nSPS) is 12.6. The number of ether oxygens (including phenoxy) is 2. The zero-order valence-corrected chi connectivity index (χ0v) is 17.6. The topological polar surface area (TPSA) is 102 Å². The third-order valence-corrected chi connectivity index (χ3v) is 4.43. The van der Waals surface area contributed by atoms with Crippen molar-refractivity contribution in [3.8, 4) is 0 Å². The molecule has 0 spiro atoms. The molecule has 0 saturated carbocycles. The Labute approximate surface area is 161 Å². The average Bonchev–Trinajstić information content (AvgIpc) is 2.57. The summed E-state index contributed by atoms with van der Waals surface area (Å²) in [6.45, 7) is -0.215. The maximum Gasteiger partial charge on any atom is 0.322 e. The van der Waals surface area contributed by atoms with Crippen molar-refractivity contribution in [1.82, 2.24) is 0 Å². The van der Waals surface area contributed by atoms with Crippen LogP contribution < -0.4 is 0 Å². The van der Waals surface area contributed by atoms with Gasteiger partial charge in [-0.25, -0.2) is 0 Å². The van der Waals surface area contributed by atoms with Crippen LogP contribution in [0.5, 0.6) is 0 Å². The number of carbonyl (C=O) groups excluding carboxylic acids is 2. The molecule has 0 aliphatic carbocycles. The predicted octanol–water partition coefficient (Wildman–Crippen LogP) is 3.61. The van der Waals surface area contributed by atoms with Crippen LogP contribution >= 0.6 is 6.72 Å². The van der Waals surface area contributed by atoms with Crippen molar-refractivity contribution in [3.05, 3.63) is 0 Å². The first-order valence-corrected chi connectivity index (χ1v) is 12.0. The van der Waals surface area contributed by atoms with Crippen molar-refractivity contribution >= 4 is 30.5 Å². The lowest BCUT2D eigenvalue weighted by atomic mass is 10.1. The van der Waals surface area contributed by atoms with Gasteiger partial charge < -0.3 is 23.8 Å². The molecule has 154 valence electrons. The first-order chi connectivity index (χ1) is 12.3. The molecule has 0 aliphatic rings. The standard InChI is InChI=1S/C17H33O7PS/c1-3-5-7-9-11-16(18)22-13-15(14-23-25(20,21)26)24-17(19)12-10-8-6-4-2/h15H,3-14H2,1-2H3,(H2,20,21,26)/t15-/m1/s1. The van der Waals surface area contributed by atoms with E-state index in [1.54, 1.807) is 0 Å². The molecule has 9 heteroatoms. The minimum Gasteiger partial charge on any atom is -0.462 e. The molecule has 0 amide bonds. The first-order valence-electron chi connectivity index (χ1n) is 9.33. The van der Waals surface area contributed by atoms with Gasteiger partial charge in [-0.3, -0.25) is 9.59 Å². The lowest BCUT2D eigenvalue weighted by Gasteiger charge is -2.19. The van der Waals surface area contributed by atoms with E-state index in [2.05, 4.69) is 25.7 Å². The van der Waals surface area contributed by atoms with Gasteiger partial charge in [-0.2, -0.15) is 0 Å². The average molecular weight is 412 g/mol. The molecule has 0 saturated heterocycles. The van der Waals surface area contributed by atoms with Crippen molar-refractivity contribution in [3.63, 3.8) is 0 Å². The van der Waals surface area contributed by atoms with Crippen LogP contribution in [0.4, 0.5) is 0 Å². The molecule has 0 rings (SSSR count). The Bertz CT molecular complexity index is 439. The van der Waals surface area contributed by atoms with Gasteiger partial charge in [0.2, 0.25) is 0 Å². The van der Waals surface area contributed by atoms with Crippen LogP contribution in [0, 0.1) is 0 Å². The third kappa shape index (κ3) is 16.9. The van der Waals surface area contributed by atoms with E-state index < -0.39 is 18.8 Å². The monoisotopic (exact) mass is 412 g/mol. The maximum atomic E-state index is 11.9. The van der Waals surface area contributed by atoms with Crippen molar-refractivity contribution in [2.45, 2.75) is 84.2 Å². The summed E-state index contributed by atoms with van der Waals surface area (Å²) in [4.78, 5) is 41.9. The van der Waals surface area contributed by atoms with Gasteiger partial charge in [0.15, 0.2) is 6.10 Å². The SMILES string of the molecule is CCCCCCC(=O)OC[C@H](COP(O)(O)=S)OC(=O)CCCCCC. The van der Waals surface area contributed by atoms with E-state index in [1.807, 2.05) is 0 Å². The van der Waals surface area contributed by atoms with E-state index in [0.29, 0.717) is 6.42 Å². The van der Waals surface area contributed by atoms with Crippen molar-refractivity contribution < 1.29 is 33.4 Å². The summed E-state index contributed by atoms with van der Waals surface area (Å²) < 4.78 is 15.1. The highest BCUT2D eigenvalue weighted by molar-refractivity contribution is 8.06. The second-order valence-electron chi connectivity index (χ2n) is 6.20. The van der Waals surface area contributed by atoms with Gasteiger partial charge in [-0.15, -0.1) is 0 Å². The molecule has 0 fully saturated rings. The molecule has 0 aromatic rings. The number of carbonyl (C=O) groups is 2. The van der Waals surface area contributed by atoms with Crippen LogP contribution in [0.1, 0.15) is 78.1 Å². The van der Waals surface area contributed by atoms with Crippen LogP contribution in [0.15, 0.2) is 0 Å². The number of hydrogen-bond donors (Lipinski definition) is 2. The van der Waals surface area contributed by atoms with E-state index in [-0.39, 0.29) is 25.6 Å². The van der Waals surface area contributed by atoms with E-state index in [1.165, 1.54) is 0 Å². The fourth-order valence-electron chi connectivity index (χ4n) is 2.19. The van der Waals surface area contributed by atoms with Crippen LogP contribution in [0.25, 0.3) is 0 Å². The maximum absolute atomic E-state index is 11.9. The van der Waals surface area contributed by atoms with Crippen molar-refractivity contribution in [1.29, 1.82) is 0 Å². The summed E-state index contributed by atoms with van der Waals surface area (Å²) in [7, 11) is 0.